The molecule has 0 fully saturated rings. The molecule has 0 saturated heterocycles. The van der Waals surface area contributed by atoms with Crippen molar-refractivity contribution in [2.24, 2.45) is 5.16 Å². The number of aliphatic carboxylic acids is 1. The van der Waals surface area contributed by atoms with Gasteiger partial charge in [0.2, 0.25) is 6.10 Å². The Morgan fingerprint density at radius 3 is 2.78 bits per heavy atom. The predicted octanol–water partition coefficient (Wildman–Crippen LogP) is 1.28. The summed E-state index contributed by atoms with van der Waals surface area (Å²) < 4.78 is 10.4. The second-order valence-electron chi connectivity index (χ2n) is 3.72. The monoisotopic (exact) mass is 251 g/mol. The number of carboxylic acids is 1. The molecule has 1 unspecified atom stereocenters. The highest BCUT2D eigenvalue weighted by atomic mass is 16.7. The molecule has 6 nitrogen and oxygen atoms in total. The third-order valence-corrected chi connectivity index (χ3v) is 2.66. The molecule has 1 atom stereocenters. The molecule has 0 saturated carbocycles. The Morgan fingerprint density at radius 1 is 1.44 bits per heavy atom. The van der Waals surface area contributed by atoms with Gasteiger partial charge < -0.3 is 19.4 Å². The van der Waals surface area contributed by atoms with Crippen LogP contribution in [0.4, 0.5) is 0 Å². The molecular weight excluding hydrogens is 238 g/mol. The first-order valence-electron chi connectivity index (χ1n) is 5.34. The molecule has 0 spiro atoms. The van der Waals surface area contributed by atoms with E-state index in [-0.39, 0.29) is 6.42 Å². The van der Waals surface area contributed by atoms with Crippen LogP contribution in [0, 0.1) is 0 Å². The highest BCUT2D eigenvalue weighted by molar-refractivity contribution is 6.05. The molecule has 0 aromatic heterocycles. The van der Waals surface area contributed by atoms with Crippen LogP contribution in [0.5, 0.6) is 11.5 Å². The molecule has 1 aliphatic rings. The number of rotatable bonds is 4. The van der Waals surface area contributed by atoms with Crippen molar-refractivity contribution in [1.29, 1.82) is 0 Å². The minimum Gasteiger partial charge on any atom is -0.493 e. The number of oxime groups is 1. The van der Waals surface area contributed by atoms with Crippen LogP contribution in [0.15, 0.2) is 23.4 Å². The average molecular weight is 251 g/mol. The standard InChI is InChI=1S/C12H13NO5/c1-16-9-5-3-4-7(11(9)17-2)8-6-10(12(14)15)18-13-8/h3-5,10H,6H2,1-2H3,(H,14,15). The number of benzene rings is 1. The van der Waals surface area contributed by atoms with E-state index in [0.29, 0.717) is 22.8 Å². The number of para-hydroxylation sites is 1. The number of hydrogen-bond acceptors (Lipinski definition) is 5. The zero-order chi connectivity index (χ0) is 13.1. The van der Waals surface area contributed by atoms with Crippen LogP contribution < -0.4 is 9.47 Å². The zero-order valence-corrected chi connectivity index (χ0v) is 10.0. The second-order valence-corrected chi connectivity index (χ2v) is 3.72. The van der Waals surface area contributed by atoms with Crippen LogP contribution >= 0.6 is 0 Å². The van der Waals surface area contributed by atoms with Gasteiger partial charge in [-0.3, -0.25) is 0 Å². The first kappa shape index (κ1) is 12.2. The molecule has 0 radical (unpaired) electrons. The van der Waals surface area contributed by atoms with Gasteiger partial charge >= 0.3 is 5.97 Å². The maximum absolute atomic E-state index is 10.8. The van der Waals surface area contributed by atoms with Crippen LogP contribution in [-0.2, 0) is 9.63 Å². The number of methoxy groups -OCH3 is 2. The van der Waals surface area contributed by atoms with E-state index in [1.165, 1.54) is 14.2 Å². The Bertz CT molecular complexity index is 497. The van der Waals surface area contributed by atoms with Gasteiger partial charge in [0.25, 0.3) is 0 Å². The normalized spacial score (nSPS) is 17.9. The largest absolute Gasteiger partial charge is 0.493 e. The molecule has 0 amide bonds. The van der Waals surface area contributed by atoms with Crippen molar-refractivity contribution in [3.05, 3.63) is 23.8 Å². The minimum absolute atomic E-state index is 0.207. The zero-order valence-electron chi connectivity index (χ0n) is 10.0. The fourth-order valence-corrected chi connectivity index (χ4v) is 1.78. The number of nitrogens with zero attached hydrogens (tertiary/aromatic N) is 1. The minimum atomic E-state index is -1.03. The van der Waals surface area contributed by atoms with Crippen molar-refractivity contribution in [1.82, 2.24) is 0 Å². The van der Waals surface area contributed by atoms with Gasteiger partial charge in [-0.15, -0.1) is 0 Å². The Kier molecular flexibility index (Phi) is 3.36. The molecule has 6 heteroatoms. The predicted molar refractivity (Wildman–Crippen MR) is 63.2 cm³/mol. The average Bonchev–Trinajstić information content (AvgIpc) is 2.87. The summed E-state index contributed by atoms with van der Waals surface area (Å²) in [6.07, 6.45) is -0.727. The van der Waals surface area contributed by atoms with Crippen molar-refractivity contribution in [2.45, 2.75) is 12.5 Å². The summed E-state index contributed by atoms with van der Waals surface area (Å²) >= 11 is 0. The van der Waals surface area contributed by atoms with Crippen LogP contribution in [-0.4, -0.2) is 37.1 Å². The summed E-state index contributed by atoms with van der Waals surface area (Å²) in [4.78, 5) is 15.6. The summed E-state index contributed by atoms with van der Waals surface area (Å²) in [5, 5.41) is 12.6. The van der Waals surface area contributed by atoms with Gasteiger partial charge in [0, 0.05) is 12.0 Å². The number of carboxylic acid groups (broad SMARTS) is 1. The van der Waals surface area contributed by atoms with Crippen LogP contribution in [0.3, 0.4) is 0 Å². The summed E-state index contributed by atoms with van der Waals surface area (Å²) in [5.41, 5.74) is 1.22. The fraction of sp³-hybridized carbons (Fsp3) is 0.333. The molecule has 1 aromatic carbocycles. The molecule has 1 aliphatic heterocycles. The van der Waals surface area contributed by atoms with E-state index in [4.69, 9.17) is 19.4 Å². The highest BCUT2D eigenvalue weighted by Gasteiger charge is 2.30. The van der Waals surface area contributed by atoms with E-state index in [9.17, 15) is 4.79 Å². The van der Waals surface area contributed by atoms with Gasteiger partial charge in [-0.05, 0) is 12.1 Å². The molecule has 96 valence electrons. The van der Waals surface area contributed by atoms with Crippen molar-refractivity contribution in [3.63, 3.8) is 0 Å². The summed E-state index contributed by atoms with van der Waals surface area (Å²) in [6, 6.07) is 5.33. The highest BCUT2D eigenvalue weighted by Crippen LogP contribution is 2.33. The van der Waals surface area contributed by atoms with Gasteiger partial charge in [-0.2, -0.15) is 0 Å². The molecule has 1 heterocycles. The van der Waals surface area contributed by atoms with Gasteiger partial charge in [0.1, 0.15) is 0 Å². The Morgan fingerprint density at radius 2 is 2.22 bits per heavy atom. The Balaban J connectivity index is 2.32. The summed E-state index contributed by atoms with van der Waals surface area (Å²) in [5.74, 6) is 0.0560. The topological polar surface area (TPSA) is 77.4 Å². The second kappa shape index (κ2) is 4.95. The molecule has 1 N–H and O–H groups in total. The molecule has 0 aliphatic carbocycles. The number of hydrogen-bond donors (Lipinski definition) is 1. The lowest BCUT2D eigenvalue weighted by atomic mass is 10.0. The van der Waals surface area contributed by atoms with Crippen LogP contribution in [0.2, 0.25) is 0 Å². The maximum atomic E-state index is 10.8. The lowest BCUT2D eigenvalue weighted by molar-refractivity contribution is -0.148. The van der Waals surface area contributed by atoms with Crippen molar-refractivity contribution < 1.29 is 24.2 Å². The number of carbonyl (C=O) groups is 1. The van der Waals surface area contributed by atoms with E-state index in [1.807, 2.05) is 0 Å². The van der Waals surface area contributed by atoms with Crippen molar-refractivity contribution >= 4 is 11.7 Å². The maximum Gasteiger partial charge on any atom is 0.348 e. The SMILES string of the molecule is COc1cccc(C2=NOC(C(=O)O)C2)c1OC. The van der Waals surface area contributed by atoms with E-state index < -0.39 is 12.1 Å². The number of ether oxygens (including phenoxy) is 2. The molecule has 0 bridgehead atoms. The van der Waals surface area contributed by atoms with Gasteiger partial charge in [-0.25, -0.2) is 4.79 Å². The molecular formula is C12H13NO5. The third kappa shape index (κ3) is 2.09. The van der Waals surface area contributed by atoms with Crippen LogP contribution in [0.25, 0.3) is 0 Å². The molecule has 2 rings (SSSR count). The van der Waals surface area contributed by atoms with Gasteiger partial charge in [0.15, 0.2) is 11.5 Å². The first-order chi connectivity index (χ1) is 8.67. The van der Waals surface area contributed by atoms with Gasteiger partial charge in [0.05, 0.1) is 19.9 Å². The van der Waals surface area contributed by atoms with E-state index in [2.05, 4.69) is 5.16 Å². The lowest BCUT2D eigenvalue weighted by Gasteiger charge is -2.11. The van der Waals surface area contributed by atoms with Gasteiger partial charge in [-0.1, -0.05) is 11.2 Å². The van der Waals surface area contributed by atoms with Crippen molar-refractivity contribution in [2.75, 3.05) is 14.2 Å². The summed E-state index contributed by atoms with van der Waals surface area (Å²) in [7, 11) is 3.06. The van der Waals surface area contributed by atoms with E-state index in [0.717, 1.165) is 0 Å². The third-order valence-electron chi connectivity index (χ3n) is 2.66. The lowest BCUT2D eigenvalue weighted by Crippen LogP contribution is -2.20. The summed E-state index contributed by atoms with van der Waals surface area (Å²) in [6.45, 7) is 0. The Labute approximate surface area is 104 Å². The smallest absolute Gasteiger partial charge is 0.348 e. The van der Waals surface area contributed by atoms with E-state index >= 15 is 0 Å². The van der Waals surface area contributed by atoms with E-state index in [1.54, 1.807) is 18.2 Å². The Hall–Kier alpha value is -2.24. The van der Waals surface area contributed by atoms with Crippen LogP contribution in [0.1, 0.15) is 12.0 Å². The molecule has 1 aromatic rings. The fourth-order valence-electron chi connectivity index (χ4n) is 1.78. The first-order valence-corrected chi connectivity index (χ1v) is 5.34. The molecule has 18 heavy (non-hydrogen) atoms. The van der Waals surface area contributed by atoms with Crippen molar-refractivity contribution in [3.8, 4) is 11.5 Å². The quantitative estimate of drug-likeness (QED) is 0.872.